The van der Waals surface area contributed by atoms with Crippen LogP contribution in [0.1, 0.15) is 48.5 Å². The Hall–Kier alpha value is -1.64. The van der Waals surface area contributed by atoms with Crippen molar-refractivity contribution in [3.63, 3.8) is 0 Å². The number of ketones is 1. The highest BCUT2D eigenvalue weighted by molar-refractivity contribution is 6.04. The van der Waals surface area contributed by atoms with E-state index in [1.165, 1.54) is 12.8 Å². The fourth-order valence-corrected chi connectivity index (χ4v) is 3.31. The van der Waals surface area contributed by atoms with E-state index in [9.17, 15) is 9.59 Å². The number of fused-ring (bicyclic) bond motifs is 1. The van der Waals surface area contributed by atoms with Crippen LogP contribution in [0.4, 0.5) is 5.69 Å². The van der Waals surface area contributed by atoms with Crippen LogP contribution in [0.2, 0.25) is 0 Å². The first-order valence-electron chi connectivity index (χ1n) is 7.18. The third kappa shape index (κ3) is 2.07. The maximum Gasteiger partial charge on any atom is 0.231 e. The van der Waals surface area contributed by atoms with Gasteiger partial charge in [-0.2, -0.15) is 0 Å². The van der Waals surface area contributed by atoms with Crippen LogP contribution in [-0.2, 0) is 11.2 Å². The van der Waals surface area contributed by atoms with Crippen molar-refractivity contribution in [3.8, 4) is 0 Å². The van der Waals surface area contributed by atoms with Crippen LogP contribution in [-0.4, -0.2) is 18.2 Å². The molecule has 0 aromatic heterocycles. The smallest absolute Gasteiger partial charge is 0.231 e. The van der Waals surface area contributed by atoms with Crippen molar-refractivity contribution < 1.29 is 9.59 Å². The van der Waals surface area contributed by atoms with E-state index in [4.69, 9.17) is 0 Å². The van der Waals surface area contributed by atoms with Crippen LogP contribution in [0.5, 0.6) is 0 Å². The lowest BCUT2D eigenvalue weighted by atomic mass is 9.94. The molecule has 0 radical (unpaired) electrons. The molecule has 100 valence electrons. The molecule has 0 unspecified atom stereocenters. The maximum absolute atomic E-state index is 12.4. The van der Waals surface area contributed by atoms with Crippen LogP contribution in [0.3, 0.4) is 0 Å². The van der Waals surface area contributed by atoms with Crippen molar-refractivity contribution in [1.82, 2.24) is 0 Å². The molecule has 0 N–H and O–H groups in total. The summed E-state index contributed by atoms with van der Waals surface area (Å²) in [5.74, 6) is 0.614. The van der Waals surface area contributed by atoms with Crippen molar-refractivity contribution >= 4 is 17.4 Å². The van der Waals surface area contributed by atoms with E-state index >= 15 is 0 Å². The zero-order valence-electron chi connectivity index (χ0n) is 11.3. The topological polar surface area (TPSA) is 37.4 Å². The highest BCUT2D eigenvalue weighted by atomic mass is 16.2. The molecule has 1 heterocycles. The standard InChI is InChI=1S/C16H19NO2/c1-2-17-14-8-7-12(9-13(14)10-15(17)18)16(19)11-5-3-4-6-11/h7-9,11H,2-6,10H2,1H3. The van der Waals surface area contributed by atoms with E-state index in [2.05, 4.69) is 0 Å². The van der Waals surface area contributed by atoms with Gasteiger partial charge in [-0.15, -0.1) is 0 Å². The Morgan fingerprint density at radius 1 is 1.32 bits per heavy atom. The van der Waals surface area contributed by atoms with E-state index in [-0.39, 0.29) is 17.6 Å². The molecule has 19 heavy (non-hydrogen) atoms. The van der Waals surface area contributed by atoms with Gasteiger partial charge in [0.25, 0.3) is 0 Å². The van der Waals surface area contributed by atoms with Crippen LogP contribution in [0, 0.1) is 5.92 Å². The van der Waals surface area contributed by atoms with Gasteiger partial charge in [-0.05, 0) is 43.5 Å². The van der Waals surface area contributed by atoms with Gasteiger partial charge < -0.3 is 4.90 Å². The second-order valence-corrected chi connectivity index (χ2v) is 5.50. The first-order chi connectivity index (χ1) is 9.20. The molecule has 1 aliphatic heterocycles. The van der Waals surface area contributed by atoms with Gasteiger partial charge in [0.15, 0.2) is 5.78 Å². The molecule has 0 atom stereocenters. The monoisotopic (exact) mass is 257 g/mol. The minimum absolute atomic E-state index is 0.142. The van der Waals surface area contributed by atoms with Crippen molar-refractivity contribution in [2.24, 2.45) is 5.92 Å². The average Bonchev–Trinajstić information content (AvgIpc) is 3.03. The molecule has 1 aliphatic carbocycles. The first-order valence-corrected chi connectivity index (χ1v) is 7.18. The summed E-state index contributed by atoms with van der Waals surface area (Å²) < 4.78 is 0. The number of Topliss-reactive ketones (excluding diaryl/α,β-unsaturated/α-hetero) is 1. The second kappa shape index (κ2) is 4.80. The molecule has 0 saturated heterocycles. The van der Waals surface area contributed by atoms with Gasteiger partial charge in [0, 0.05) is 23.7 Å². The molecule has 1 aromatic rings. The number of amides is 1. The Morgan fingerprint density at radius 3 is 2.74 bits per heavy atom. The zero-order valence-corrected chi connectivity index (χ0v) is 11.3. The van der Waals surface area contributed by atoms with Crippen molar-refractivity contribution in [2.45, 2.75) is 39.0 Å². The molecule has 0 bridgehead atoms. The van der Waals surface area contributed by atoms with Gasteiger partial charge >= 0.3 is 0 Å². The summed E-state index contributed by atoms with van der Waals surface area (Å²) in [7, 11) is 0. The van der Waals surface area contributed by atoms with Gasteiger partial charge in [-0.25, -0.2) is 0 Å². The summed E-state index contributed by atoms with van der Waals surface area (Å²) >= 11 is 0. The molecular formula is C16H19NO2. The summed E-state index contributed by atoms with van der Waals surface area (Å²) in [6, 6.07) is 5.76. The SMILES string of the molecule is CCN1C(=O)Cc2cc(C(=O)C3CCCC3)ccc21. The van der Waals surface area contributed by atoms with Gasteiger partial charge in [-0.1, -0.05) is 12.8 Å². The molecule has 1 fully saturated rings. The number of nitrogens with zero attached hydrogens (tertiary/aromatic N) is 1. The fraction of sp³-hybridized carbons (Fsp3) is 0.500. The zero-order chi connectivity index (χ0) is 13.4. The number of hydrogen-bond acceptors (Lipinski definition) is 2. The first kappa shape index (κ1) is 12.4. The predicted octanol–water partition coefficient (Wildman–Crippen LogP) is 2.97. The molecule has 3 nitrogen and oxygen atoms in total. The highest BCUT2D eigenvalue weighted by Crippen LogP contribution is 2.32. The Balaban J connectivity index is 1.88. The molecule has 1 amide bonds. The molecule has 3 heteroatoms. The minimum Gasteiger partial charge on any atom is -0.312 e. The number of anilines is 1. The van der Waals surface area contributed by atoms with E-state index in [0.717, 1.165) is 29.7 Å². The van der Waals surface area contributed by atoms with Crippen LogP contribution in [0.15, 0.2) is 18.2 Å². The molecule has 3 rings (SSSR count). The summed E-state index contributed by atoms with van der Waals surface area (Å²) in [5, 5.41) is 0. The number of benzene rings is 1. The van der Waals surface area contributed by atoms with Gasteiger partial charge in [0.05, 0.1) is 6.42 Å². The summed E-state index contributed by atoms with van der Waals surface area (Å²) in [4.78, 5) is 26.0. The third-order valence-electron chi connectivity index (χ3n) is 4.34. The Kier molecular flexibility index (Phi) is 3.13. The predicted molar refractivity (Wildman–Crippen MR) is 74.5 cm³/mol. The quantitative estimate of drug-likeness (QED) is 0.781. The highest BCUT2D eigenvalue weighted by Gasteiger charge is 2.28. The number of rotatable bonds is 3. The molecule has 2 aliphatic rings. The molecular weight excluding hydrogens is 238 g/mol. The largest absolute Gasteiger partial charge is 0.312 e. The van der Waals surface area contributed by atoms with E-state index in [1.54, 1.807) is 4.90 Å². The van der Waals surface area contributed by atoms with Crippen molar-refractivity contribution in [1.29, 1.82) is 0 Å². The summed E-state index contributed by atoms with van der Waals surface area (Å²) in [6.07, 6.45) is 4.83. The number of likely N-dealkylation sites (N-methyl/N-ethyl adjacent to an activating group) is 1. The summed E-state index contributed by atoms with van der Waals surface area (Å²) in [6.45, 7) is 2.67. The lowest BCUT2D eigenvalue weighted by Gasteiger charge is -2.15. The molecule has 0 spiro atoms. The number of hydrogen-bond donors (Lipinski definition) is 0. The summed E-state index contributed by atoms with van der Waals surface area (Å²) in [5.41, 5.74) is 2.78. The van der Waals surface area contributed by atoms with Gasteiger partial charge in [-0.3, -0.25) is 9.59 Å². The lowest BCUT2D eigenvalue weighted by molar-refractivity contribution is -0.117. The van der Waals surface area contributed by atoms with Crippen LogP contribution >= 0.6 is 0 Å². The van der Waals surface area contributed by atoms with Crippen molar-refractivity contribution in [2.75, 3.05) is 11.4 Å². The van der Waals surface area contributed by atoms with E-state index in [1.807, 2.05) is 25.1 Å². The third-order valence-corrected chi connectivity index (χ3v) is 4.34. The normalized spacial score (nSPS) is 19.0. The van der Waals surface area contributed by atoms with E-state index < -0.39 is 0 Å². The van der Waals surface area contributed by atoms with Crippen LogP contribution < -0.4 is 4.90 Å². The van der Waals surface area contributed by atoms with Crippen LogP contribution in [0.25, 0.3) is 0 Å². The lowest BCUT2D eigenvalue weighted by Crippen LogP contribution is -2.25. The van der Waals surface area contributed by atoms with Crippen molar-refractivity contribution in [3.05, 3.63) is 29.3 Å². The van der Waals surface area contributed by atoms with Gasteiger partial charge in [0.2, 0.25) is 5.91 Å². The maximum atomic E-state index is 12.4. The Morgan fingerprint density at radius 2 is 2.05 bits per heavy atom. The molecule has 1 saturated carbocycles. The Bertz CT molecular complexity index is 530. The fourth-order valence-electron chi connectivity index (χ4n) is 3.31. The van der Waals surface area contributed by atoms with Gasteiger partial charge in [0.1, 0.15) is 0 Å². The second-order valence-electron chi connectivity index (χ2n) is 5.50. The Labute approximate surface area is 113 Å². The van der Waals surface area contributed by atoms with E-state index in [0.29, 0.717) is 13.0 Å². The average molecular weight is 257 g/mol. The number of carbonyl (C=O) groups is 2. The molecule has 1 aromatic carbocycles. The minimum atomic E-state index is 0.142. The number of carbonyl (C=O) groups excluding carboxylic acids is 2.